The Hall–Kier alpha value is -0.820. The molecule has 0 radical (unpaired) electrons. The summed E-state index contributed by atoms with van der Waals surface area (Å²) in [6, 6.07) is 6.26. The summed E-state index contributed by atoms with van der Waals surface area (Å²) in [5, 5.41) is 0.0474. The third-order valence-electron chi connectivity index (χ3n) is 2.31. The van der Waals surface area contributed by atoms with Gasteiger partial charge in [-0.15, -0.1) is 11.6 Å². The number of fused-ring (bicyclic) bond motifs is 1. The fraction of sp³-hybridized carbons (Fsp3) is 0.300. The molecule has 12 heavy (non-hydrogen) atoms. The molecule has 0 spiro atoms. The van der Waals surface area contributed by atoms with Crippen LogP contribution >= 0.6 is 11.6 Å². The molecule has 1 atom stereocenters. The van der Waals surface area contributed by atoms with E-state index in [1.807, 2.05) is 13.3 Å². The van der Waals surface area contributed by atoms with Gasteiger partial charge in [-0.25, -0.2) is 4.58 Å². The van der Waals surface area contributed by atoms with Gasteiger partial charge in [-0.1, -0.05) is 12.1 Å². The predicted octanol–water partition coefficient (Wildman–Crippen LogP) is 2.63. The number of hydrogen-bond donors (Lipinski definition) is 0. The van der Waals surface area contributed by atoms with Gasteiger partial charge in [-0.3, -0.25) is 0 Å². The lowest BCUT2D eigenvalue weighted by atomic mass is 10.1. The number of hydrogen-bond acceptors (Lipinski definition) is 0. The molecule has 2 heteroatoms. The quantitative estimate of drug-likeness (QED) is 0.427. The summed E-state index contributed by atoms with van der Waals surface area (Å²) in [6.07, 6.45) is 2.03. The van der Waals surface area contributed by atoms with E-state index in [4.69, 9.17) is 11.6 Å². The lowest BCUT2D eigenvalue weighted by Gasteiger charge is -2.00. The fourth-order valence-electron chi connectivity index (χ4n) is 1.68. The Morgan fingerprint density at radius 2 is 2.17 bits per heavy atom. The molecule has 0 N–H and O–H groups in total. The summed E-state index contributed by atoms with van der Waals surface area (Å²) in [4.78, 5) is 0. The molecule has 62 valence electrons. The average Bonchev–Trinajstić information content (AvgIpc) is 2.29. The Kier molecular flexibility index (Phi) is 1.69. The van der Waals surface area contributed by atoms with Crippen molar-refractivity contribution < 1.29 is 4.58 Å². The predicted molar refractivity (Wildman–Crippen MR) is 51.7 cm³/mol. The molecule has 1 aromatic carbocycles. The average molecular weight is 181 g/mol. The molecule has 1 heterocycles. The van der Waals surface area contributed by atoms with Crippen LogP contribution in [0.1, 0.15) is 16.5 Å². The van der Waals surface area contributed by atoms with Crippen molar-refractivity contribution in [1.29, 1.82) is 0 Å². The molecule has 1 aliphatic heterocycles. The van der Waals surface area contributed by atoms with Crippen molar-refractivity contribution in [3.8, 4) is 0 Å². The van der Waals surface area contributed by atoms with Crippen LogP contribution in [0.15, 0.2) is 18.2 Å². The standard InChI is InChI=1S/C10H11ClN/c1-7-4-3-5-9-10(7)8(11)6-12(9)2/h3-6,8H,1-2H3/q+1. The maximum absolute atomic E-state index is 6.15. The molecule has 0 amide bonds. The molecule has 2 rings (SSSR count). The number of rotatable bonds is 0. The number of aryl methyl sites for hydroxylation is 1. The Labute approximate surface area is 77.3 Å². The Morgan fingerprint density at radius 1 is 1.42 bits per heavy atom. The summed E-state index contributed by atoms with van der Waals surface area (Å²) in [5.74, 6) is 0. The minimum Gasteiger partial charge on any atom is -0.203 e. The van der Waals surface area contributed by atoms with Crippen molar-refractivity contribution in [1.82, 2.24) is 0 Å². The van der Waals surface area contributed by atoms with Gasteiger partial charge >= 0.3 is 0 Å². The topological polar surface area (TPSA) is 3.01 Å². The van der Waals surface area contributed by atoms with E-state index in [2.05, 4.69) is 29.7 Å². The second-order valence-corrected chi connectivity index (χ2v) is 3.64. The van der Waals surface area contributed by atoms with Crippen molar-refractivity contribution in [2.45, 2.75) is 12.3 Å². The first-order valence-corrected chi connectivity index (χ1v) is 4.45. The van der Waals surface area contributed by atoms with E-state index in [1.165, 1.54) is 16.8 Å². The number of benzene rings is 1. The Bertz CT molecular complexity index is 355. The summed E-state index contributed by atoms with van der Waals surface area (Å²) in [5.41, 5.74) is 3.75. The first-order chi connectivity index (χ1) is 5.70. The van der Waals surface area contributed by atoms with Crippen molar-refractivity contribution in [2.24, 2.45) is 0 Å². The second-order valence-electron chi connectivity index (χ2n) is 3.17. The van der Waals surface area contributed by atoms with Crippen LogP contribution in [0.4, 0.5) is 5.69 Å². The molecule has 0 fully saturated rings. The molecule has 0 saturated carbocycles. The fourth-order valence-corrected chi connectivity index (χ4v) is 2.14. The van der Waals surface area contributed by atoms with E-state index in [0.29, 0.717) is 0 Å². The highest BCUT2D eigenvalue weighted by atomic mass is 35.5. The summed E-state index contributed by atoms with van der Waals surface area (Å²) in [6.45, 7) is 2.10. The summed E-state index contributed by atoms with van der Waals surface area (Å²) >= 11 is 6.15. The zero-order valence-corrected chi connectivity index (χ0v) is 7.97. The number of nitrogens with zero attached hydrogens (tertiary/aromatic N) is 1. The third kappa shape index (κ3) is 0.969. The zero-order chi connectivity index (χ0) is 8.72. The van der Waals surface area contributed by atoms with Crippen LogP contribution in [0, 0.1) is 6.92 Å². The van der Waals surface area contributed by atoms with Crippen LogP contribution in [-0.4, -0.2) is 17.8 Å². The van der Waals surface area contributed by atoms with E-state index < -0.39 is 0 Å². The Morgan fingerprint density at radius 3 is 2.83 bits per heavy atom. The van der Waals surface area contributed by atoms with Crippen molar-refractivity contribution >= 4 is 23.5 Å². The molecule has 0 saturated heterocycles. The minimum atomic E-state index is 0.0474. The molecule has 0 aliphatic carbocycles. The molecule has 1 aromatic rings. The van der Waals surface area contributed by atoms with Gasteiger partial charge in [0.1, 0.15) is 12.4 Å². The van der Waals surface area contributed by atoms with Gasteiger partial charge in [0.05, 0.1) is 5.56 Å². The SMILES string of the molecule is Cc1cccc2c1C(Cl)C=[N+]2C. The number of halogens is 1. The van der Waals surface area contributed by atoms with Crippen LogP contribution in [0.3, 0.4) is 0 Å². The van der Waals surface area contributed by atoms with E-state index >= 15 is 0 Å². The molecular weight excluding hydrogens is 170 g/mol. The van der Waals surface area contributed by atoms with Crippen LogP contribution in [-0.2, 0) is 0 Å². The van der Waals surface area contributed by atoms with Crippen molar-refractivity contribution in [3.05, 3.63) is 29.3 Å². The maximum Gasteiger partial charge on any atom is 0.210 e. The monoisotopic (exact) mass is 180 g/mol. The van der Waals surface area contributed by atoms with Gasteiger partial charge in [0.25, 0.3) is 0 Å². The van der Waals surface area contributed by atoms with E-state index in [0.717, 1.165) is 0 Å². The molecule has 1 aliphatic rings. The second kappa shape index (κ2) is 2.60. The minimum absolute atomic E-state index is 0.0474. The van der Waals surface area contributed by atoms with Gasteiger partial charge in [0.15, 0.2) is 6.21 Å². The first-order valence-electron chi connectivity index (χ1n) is 4.01. The third-order valence-corrected chi connectivity index (χ3v) is 2.64. The first kappa shape index (κ1) is 7.81. The lowest BCUT2D eigenvalue weighted by molar-refractivity contribution is -0.396. The van der Waals surface area contributed by atoms with Gasteiger partial charge in [-0.05, 0) is 12.5 Å². The largest absolute Gasteiger partial charge is 0.210 e. The van der Waals surface area contributed by atoms with E-state index in [-0.39, 0.29) is 5.38 Å². The molecule has 1 nitrogen and oxygen atoms in total. The smallest absolute Gasteiger partial charge is 0.203 e. The van der Waals surface area contributed by atoms with Crippen LogP contribution < -0.4 is 0 Å². The highest BCUT2D eigenvalue weighted by molar-refractivity contribution is 6.28. The van der Waals surface area contributed by atoms with E-state index in [9.17, 15) is 0 Å². The van der Waals surface area contributed by atoms with Gasteiger partial charge in [0.2, 0.25) is 5.69 Å². The molecule has 0 bridgehead atoms. The summed E-state index contributed by atoms with van der Waals surface area (Å²) < 4.78 is 2.08. The highest BCUT2D eigenvalue weighted by Gasteiger charge is 2.27. The highest BCUT2D eigenvalue weighted by Crippen LogP contribution is 2.35. The Balaban J connectivity index is 2.67. The normalized spacial score (nSPS) is 20.6. The van der Waals surface area contributed by atoms with Gasteiger partial charge in [0, 0.05) is 6.07 Å². The summed E-state index contributed by atoms with van der Waals surface area (Å²) in [7, 11) is 2.03. The van der Waals surface area contributed by atoms with Crippen molar-refractivity contribution in [3.63, 3.8) is 0 Å². The number of alkyl halides is 1. The zero-order valence-electron chi connectivity index (χ0n) is 7.21. The lowest BCUT2D eigenvalue weighted by Crippen LogP contribution is -1.92. The van der Waals surface area contributed by atoms with Crippen molar-refractivity contribution in [2.75, 3.05) is 7.05 Å². The maximum atomic E-state index is 6.15. The van der Waals surface area contributed by atoms with Gasteiger partial charge in [-0.2, -0.15) is 0 Å². The van der Waals surface area contributed by atoms with E-state index in [1.54, 1.807) is 0 Å². The molecule has 0 aromatic heterocycles. The van der Waals surface area contributed by atoms with Crippen LogP contribution in [0.2, 0.25) is 0 Å². The molecular formula is C10H11ClN+. The van der Waals surface area contributed by atoms with Gasteiger partial charge < -0.3 is 0 Å². The molecule has 1 unspecified atom stereocenters. The van der Waals surface area contributed by atoms with Crippen LogP contribution in [0.5, 0.6) is 0 Å². The van der Waals surface area contributed by atoms with Crippen LogP contribution in [0.25, 0.3) is 0 Å².